The van der Waals surface area contributed by atoms with Crippen LogP contribution in [0.5, 0.6) is 0 Å². The number of para-hydroxylation sites is 1. The van der Waals surface area contributed by atoms with E-state index in [9.17, 15) is 0 Å². The average Bonchev–Trinajstić information content (AvgIpc) is 3.22. The second kappa shape index (κ2) is 6.85. The lowest BCUT2D eigenvalue weighted by Crippen LogP contribution is -2.48. The normalized spacial score (nSPS) is 13.5. The zero-order valence-corrected chi connectivity index (χ0v) is 13.4. The molecule has 20 heavy (non-hydrogen) atoms. The average molecular weight is 308 g/mol. The van der Waals surface area contributed by atoms with Crippen LogP contribution >= 0.6 is 24.4 Å². The van der Waals surface area contributed by atoms with Gasteiger partial charge in [0.15, 0.2) is 10.2 Å². The van der Waals surface area contributed by atoms with E-state index in [2.05, 4.69) is 53.5 Å². The van der Waals surface area contributed by atoms with E-state index < -0.39 is 0 Å². The van der Waals surface area contributed by atoms with Gasteiger partial charge in [0.1, 0.15) is 0 Å². The second-order valence-electron chi connectivity index (χ2n) is 4.91. The van der Waals surface area contributed by atoms with Crippen LogP contribution in [0.4, 0.5) is 5.69 Å². The maximum Gasteiger partial charge on any atom is 0.189 e. The first-order valence-corrected chi connectivity index (χ1v) is 7.63. The van der Waals surface area contributed by atoms with Crippen molar-refractivity contribution < 1.29 is 0 Å². The van der Waals surface area contributed by atoms with Crippen molar-refractivity contribution in [1.29, 1.82) is 0 Å². The molecule has 0 spiro atoms. The quantitative estimate of drug-likeness (QED) is 0.508. The van der Waals surface area contributed by atoms with Gasteiger partial charge in [-0.05, 0) is 61.7 Å². The number of aryl methyl sites for hydroxylation is 2. The van der Waals surface area contributed by atoms with E-state index in [0.717, 1.165) is 12.1 Å². The highest BCUT2D eigenvalue weighted by Gasteiger charge is 2.21. The summed E-state index contributed by atoms with van der Waals surface area (Å²) in [4.78, 5) is 0. The first-order valence-electron chi connectivity index (χ1n) is 6.82. The summed E-state index contributed by atoms with van der Waals surface area (Å²) in [5.74, 6) is 0. The van der Waals surface area contributed by atoms with Crippen molar-refractivity contribution in [2.24, 2.45) is 0 Å². The SMILES string of the molecule is CCc1cccc(C)c1NC(=S)NNC(=S)NC1CC1. The van der Waals surface area contributed by atoms with Crippen LogP contribution in [-0.2, 0) is 6.42 Å². The summed E-state index contributed by atoms with van der Waals surface area (Å²) in [6, 6.07) is 6.76. The minimum absolute atomic E-state index is 0.508. The highest BCUT2D eigenvalue weighted by Crippen LogP contribution is 2.20. The molecule has 108 valence electrons. The Balaban J connectivity index is 1.86. The third kappa shape index (κ3) is 4.31. The number of rotatable bonds is 3. The number of benzene rings is 1. The number of hydrazine groups is 1. The molecule has 0 bridgehead atoms. The summed E-state index contributed by atoms with van der Waals surface area (Å²) in [6.45, 7) is 4.19. The van der Waals surface area contributed by atoms with Crippen molar-refractivity contribution in [3.05, 3.63) is 29.3 Å². The van der Waals surface area contributed by atoms with E-state index in [1.165, 1.54) is 24.0 Å². The van der Waals surface area contributed by atoms with E-state index in [1.54, 1.807) is 0 Å². The fourth-order valence-electron chi connectivity index (χ4n) is 1.91. The Morgan fingerprint density at radius 1 is 1.20 bits per heavy atom. The summed E-state index contributed by atoms with van der Waals surface area (Å²) in [5, 5.41) is 7.49. The fraction of sp³-hybridized carbons (Fsp3) is 0.429. The maximum atomic E-state index is 5.28. The van der Waals surface area contributed by atoms with Crippen LogP contribution < -0.4 is 21.5 Å². The molecule has 0 atom stereocenters. The number of hydrogen-bond acceptors (Lipinski definition) is 2. The van der Waals surface area contributed by atoms with Crippen molar-refractivity contribution in [2.75, 3.05) is 5.32 Å². The predicted molar refractivity (Wildman–Crippen MR) is 91.8 cm³/mol. The lowest BCUT2D eigenvalue weighted by molar-refractivity contribution is 0.805. The maximum absolute atomic E-state index is 5.28. The largest absolute Gasteiger partial charge is 0.359 e. The van der Waals surface area contributed by atoms with Crippen molar-refractivity contribution in [3.8, 4) is 0 Å². The van der Waals surface area contributed by atoms with Crippen LogP contribution in [-0.4, -0.2) is 16.3 Å². The summed E-state index contributed by atoms with van der Waals surface area (Å²) in [7, 11) is 0. The van der Waals surface area contributed by atoms with Gasteiger partial charge in [-0.3, -0.25) is 10.9 Å². The van der Waals surface area contributed by atoms with Crippen molar-refractivity contribution >= 4 is 40.3 Å². The molecular formula is C14H20N4S2. The number of anilines is 1. The van der Waals surface area contributed by atoms with Gasteiger partial charge in [-0.15, -0.1) is 0 Å². The number of hydrogen-bond donors (Lipinski definition) is 4. The van der Waals surface area contributed by atoms with Crippen LogP contribution in [0.2, 0.25) is 0 Å². The molecular weight excluding hydrogens is 288 g/mol. The Kier molecular flexibility index (Phi) is 5.14. The summed E-state index contributed by atoms with van der Waals surface area (Å²) >= 11 is 10.4. The smallest absolute Gasteiger partial charge is 0.189 e. The topological polar surface area (TPSA) is 48.1 Å². The minimum atomic E-state index is 0.508. The molecule has 4 N–H and O–H groups in total. The molecule has 0 amide bonds. The van der Waals surface area contributed by atoms with Crippen LogP contribution in [0, 0.1) is 6.92 Å². The standard InChI is InChI=1S/C14H20N4S2/c1-3-10-6-4-5-9(2)12(10)16-14(20)18-17-13(19)15-11-7-8-11/h4-6,11H,3,7-8H2,1-2H3,(H2,15,17,19)(H2,16,18,20). The molecule has 0 unspecified atom stereocenters. The van der Waals surface area contributed by atoms with Gasteiger partial charge in [0.05, 0.1) is 0 Å². The van der Waals surface area contributed by atoms with Crippen LogP contribution in [0.1, 0.15) is 30.9 Å². The lowest BCUT2D eigenvalue weighted by atomic mass is 10.1. The Bertz CT molecular complexity index is 512. The fourth-order valence-corrected chi connectivity index (χ4v) is 2.28. The summed E-state index contributed by atoms with van der Waals surface area (Å²) < 4.78 is 0. The van der Waals surface area contributed by atoms with Gasteiger partial charge in [-0.2, -0.15) is 0 Å². The highest BCUT2D eigenvalue weighted by atomic mass is 32.1. The van der Waals surface area contributed by atoms with Gasteiger partial charge < -0.3 is 10.6 Å². The molecule has 1 saturated carbocycles. The van der Waals surface area contributed by atoms with Crippen LogP contribution in [0.15, 0.2) is 18.2 Å². The monoisotopic (exact) mass is 308 g/mol. The second-order valence-corrected chi connectivity index (χ2v) is 5.73. The molecule has 2 rings (SSSR count). The third-order valence-electron chi connectivity index (χ3n) is 3.18. The van der Waals surface area contributed by atoms with Gasteiger partial charge >= 0.3 is 0 Å². The van der Waals surface area contributed by atoms with Gasteiger partial charge in [-0.1, -0.05) is 25.1 Å². The van der Waals surface area contributed by atoms with Gasteiger partial charge in [0.2, 0.25) is 0 Å². The van der Waals surface area contributed by atoms with E-state index >= 15 is 0 Å². The lowest BCUT2D eigenvalue weighted by Gasteiger charge is -2.17. The molecule has 4 nitrogen and oxygen atoms in total. The third-order valence-corrected chi connectivity index (χ3v) is 3.60. The van der Waals surface area contributed by atoms with Crippen LogP contribution in [0.3, 0.4) is 0 Å². The first kappa shape index (κ1) is 15.0. The Hall–Kier alpha value is -1.40. The highest BCUT2D eigenvalue weighted by molar-refractivity contribution is 7.80. The van der Waals surface area contributed by atoms with Crippen molar-refractivity contribution in [3.63, 3.8) is 0 Å². The minimum Gasteiger partial charge on any atom is -0.359 e. The Labute approximate surface area is 130 Å². The molecule has 1 fully saturated rings. The van der Waals surface area contributed by atoms with E-state index in [-0.39, 0.29) is 0 Å². The molecule has 0 aliphatic heterocycles. The molecule has 1 aromatic rings. The van der Waals surface area contributed by atoms with Gasteiger partial charge in [-0.25, -0.2) is 0 Å². The van der Waals surface area contributed by atoms with Gasteiger partial charge in [0, 0.05) is 11.7 Å². The van der Waals surface area contributed by atoms with Crippen molar-refractivity contribution in [2.45, 2.75) is 39.2 Å². The van der Waals surface area contributed by atoms with E-state index in [4.69, 9.17) is 24.4 Å². The zero-order valence-electron chi connectivity index (χ0n) is 11.7. The molecule has 1 aliphatic rings. The van der Waals surface area contributed by atoms with Gasteiger partial charge in [0.25, 0.3) is 0 Å². The summed E-state index contributed by atoms with van der Waals surface area (Å²) in [6.07, 6.45) is 3.34. The zero-order chi connectivity index (χ0) is 14.5. The van der Waals surface area contributed by atoms with E-state index in [0.29, 0.717) is 16.3 Å². The molecule has 1 aliphatic carbocycles. The number of thiocarbonyl (C=S) groups is 2. The first-order chi connectivity index (χ1) is 9.60. The number of nitrogens with one attached hydrogen (secondary N) is 4. The molecule has 6 heteroatoms. The molecule has 0 aromatic heterocycles. The van der Waals surface area contributed by atoms with Crippen LogP contribution in [0.25, 0.3) is 0 Å². The molecule has 0 saturated heterocycles. The molecule has 0 heterocycles. The Morgan fingerprint density at radius 3 is 2.55 bits per heavy atom. The predicted octanol–water partition coefficient (Wildman–Crippen LogP) is 2.39. The summed E-state index contributed by atoms with van der Waals surface area (Å²) in [5.41, 5.74) is 9.29. The van der Waals surface area contributed by atoms with E-state index in [1.807, 2.05) is 0 Å². The van der Waals surface area contributed by atoms with Crippen molar-refractivity contribution in [1.82, 2.24) is 16.2 Å². The Morgan fingerprint density at radius 2 is 1.90 bits per heavy atom. The molecule has 1 aromatic carbocycles. The molecule has 0 radical (unpaired) electrons.